The molecule has 0 bridgehead atoms. The molecule has 6 nitrogen and oxygen atoms in total. The van der Waals surface area contributed by atoms with Crippen LogP contribution in [0.25, 0.3) is 0 Å². The van der Waals surface area contributed by atoms with E-state index in [1.54, 1.807) is 0 Å². The van der Waals surface area contributed by atoms with E-state index in [2.05, 4.69) is 15.2 Å². The number of aryl methyl sites for hydroxylation is 1. The molecule has 0 amide bonds. The van der Waals surface area contributed by atoms with Crippen molar-refractivity contribution in [3.05, 3.63) is 12.2 Å². The molecule has 62 valence electrons. The molecule has 0 fully saturated rings. The minimum Gasteiger partial charge on any atom is -0.263 e. The number of aromatic amines is 1. The fourth-order valence-electron chi connectivity index (χ4n) is 0.590. The van der Waals surface area contributed by atoms with Crippen molar-refractivity contribution in [2.75, 3.05) is 5.75 Å². The van der Waals surface area contributed by atoms with Gasteiger partial charge in [0.25, 0.3) is 0 Å². The molecule has 0 aliphatic rings. The van der Waals surface area contributed by atoms with Crippen molar-refractivity contribution < 1.29 is 8.42 Å². The van der Waals surface area contributed by atoms with Crippen molar-refractivity contribution in [3.8, 4) is 0 Å². The summed E-state index contributed by atoms with van der Waals surface area (Å²) in [5.74, 6) is 0.418. The average Bonchev–Trinajstić information content (AvgIpc) is 2.32. The lowest BCUT2D eigenvalue weighted by atomic mass is 10.5. The molecule has 7 heteroatoms. The molecule has 1 aromatic heterocycles. The standard InChI is InChI=1S/C4H8N4O2S/c5-11(9,10)2-1-4-6-3-7-8-4/h3H,1-2H2,(H2,5,9,10)(H,6,7,8). The van der Waals surface area contributed by atoms with Crippen LogP contribution in [-0.2, 0) is 16.4 Å². The predicted molar refractivity (Wildman–Crippen MR) is 38.1 cm³/mol. The summed E-state index contributed by atoms with van der Waals surface area (Å²) in [6.45, 7) is 0. The van der Waals surface area contributed by atoms with Gasteiger partial charge < -0.3 is 0 Å². The summed E-state index contributed by atoms with van der Waals surface area (Å²) in [4.78, 5) is 3.73. The maximum absolute atomic E-state index is 10.4. The van der Waals surface area contributed by atoms with Gasteiger partial charge in [-0.15, -0.1) is 0 Å². The van der Waals surface area contributed by atoms with Gasteiger partial charge in [-0.1, -0.05) is 0 Å². The first-order chi connectivity index (χ1) is 5.08. The van der Waals surface area contributed by atoms with Crippen LogP contribution in [-0.4, -0.2) is 29.4 Å². The van der Waals surface area contributed by atoms with E-state index in [-0.39, 0.29) is 12.2 Å². The first-order valence-electron chi connectivity index (χ1n) is 2.92. The molecule has 0 aromatic carbocycles. The number of sulfonamides is 1. The highest BCUT2D eigenvalue weighted by Crippen LogP contribution is 1.89. The Morgan fingerprint density at radius 2 is 2.36 bits per heavy atom. The fraction of sp³-hybridized carbons (Fsp3) is 0.500. The Bertz CT molecular complexity index is 303. The zero-order valence-corrected chi connectivity index (χ0v) is 6.50. The summed E-state index contributed by atoms with van der Waals surface area (Å²) in [7, 11) is -3.39. The van der Waals surface area contributed by atoms with Gasteiger partial charge in [0.15, 0.2) is 0 Å². The summed E-state index contributed by atoms with van der Waals surface area (Å²) in [5, 5.41) is 10.8. The van der Waals surface area contributed by atoms with E-state index in [0.717, 1.165) is 0 Å². The van der Waals surface area contributed by atoms with E-state index in [1.807, 2.05) is 0 Å². The van der Waals surface area contributed by atoms with Crippen LogP contribution in [0, 0.1) is 0 Å². The number of nitrogens with two attached hydrogens (primary N) is 1. The number of hydrogen-bond donors (Lipinski definition) is 2. The Kier molecular flexibility index (Phi) is 2.20. The number of nitrogens with one attached hydrogen (secondary N) is 1. The van der Waals surface area contributed by atoms with Crippen LogP contribution in [0.4, 0.5) is 0 Å². The maximum Gasteiger partial charge on any atom is 0.209 e. The Hall–Kier alpha value is -0.950. The average molecular weight is 176 g/mol. The van der Waals surface area contributed by atoms with E-state index in [1.165, 1.54) is 6.33 Å². The monoisotopic (exact) mass is 176 g/mol. The van der Waals surface area contributed by atoms with Crippen molar-refractivity contribution >= 4 is 10.0 Å². The molecule has 0 atom stereocenters. The van der Waals surface area contributed by atoms with Gasteiger partial charge >= 0.3 is 0 Å². The number of H-pyrrole nitrogens is 1. The highest BCUT2D eigenvalue weighted by Gasteiger charge is 2.04. The van der Waals surface area contributed by atoms with Crippen LogP contribution < -0.4 is 5.14 Å². The van der Waals surface area contributed by atoms with Gasteiger partial charge in [-0.25, -0.2) is 18.5 Å². The summed E-state index contributed by atoms with van der Waals surface area (Å²) in [5.41, 5.74) is 0. The lowest BCUT2D eigenvalue weighted by molar-refractivity contribution is 0.596. The van der Waals surface area contributed by atoms with Crippen molar-refractivity contribution in [2.45, 2.75) is 6.42 Å². The Morgan fingerprint density at radius 3 is 2.82 bits per heavy atom. The van der Waals surface area contributed by atoms with Gasteiger partial charge in [0, 0.05) is 6.42 Å². The number of rotatable bonds is 3. The second kappa shape index (κ2) is 2.97. The summed E-state index contributed by atoms with van der Waals surface area (Å²) in [6, 6.07) is 0. The molecule has 0 aliphatic heterocycles. The van der Waals surface area contributed by atoms with Gasteiger partial charge in [0.05, 0.1) is 5.75 Å². The second-order valence-electron chi connectivity index (χ2n) is 2.05. The zero-order chi connectivity index (χ0) is 8.32. The third-order valence-corrected chi connectivity index (χ3v) is 1.86. The van der Waals surface area contributed by atoms with Crippen molar-refractivity contribution in [2.24, 2.45) is 5.14 Å². The fourth-order valence-corrected chi connectivity index (χ4v) is 1.07. The zero-order valence-electron chi connectivity index (χ0n) is 5.69. The molecule has 0 unspecified atom stereocenters. The van der Waals surface area contributed by atoms with Crippen LogP contribution in [0.15, 0.2) is 6.33 Å². The number of primary sulfonamides is 1. The molecule has 3 N–H and O–H groups in total. The molecule has 1 aromatic rings. The van der Waals surface area contributed by atoms with E-state index in [0.29, 0.717) is 5.82 Å². The summed E-state index contributed by atoms with van der Waals surface area (Å²) < 4.78 is 20.9. The number of nitrogens with zero attached hydrogens (tertiary/aromatic N) is 2. The minimum atomic E-state index is -3.39. The first kappa shape index (κ1) is 8.15. The van der Waals surface area contributed by atoms with Gasteiger partial charge in [-0.3, -0.25) is 5.10 Å². The smallest absolute Gasteiger partial charge is 0.209 e. The maximum atomic E-state index is 10.4. The van der Waals surface area contributed by atoms with E-state index < -0.39 is 10.0 Å². The highest BCUT2D eigenvalue weighted by atomic mass is 32.2. The van der Waals surface area contributed by atoms with E-state index in [9.17, 15) is 8.42 Å². The summed E-state index contributed by atoms with van der Waals surface area (Å²) in [6.07, 6.45) is 1.59. The highest BCUT2D eigenvalue weighted by molar-refractivity contribution is 7.89. The first-order valence-corrected chi connectivity index (χ1v) is 4.64. The third-order valence-electron chi connectivity index (χ3n) is 1.09. The second-order valence-corrected chi connectivity index (χ2v) is 3.78. The van der Waals surface area contributed by atoms with E-state index >= 15 is 0 Å². The molecule has 0 saturated carbocycles. The van der Waals surface area contributed by atoms with Crippen molar-refractivity contribution in [3.63, 3.8) is 0 Å². The van der Waals surface area contributed by atoms with Crippen LogP contribution >= 0.6 is 0 Å². The van der Waals surface area contributed by atoms with Crippen LogP contribution in [0.1, 0.15) is 5.82 Å². The molecule has 0 aliphatic carbocycles. The molecule has 0 saturated heterocycles. The molecule has 1 heterocycles. The van der Waals surface area contributed by atoms with Crippen molar-refractivity contribution in [1.29, 1.82) is 0 Å². The van der Waals surface area contributed by atoms with Gasteiger partial charge in [-0.2, -0.15) is 5.10 Å². The number of aromatic nitrogens is 3. The topological polar surface area (TPSA) is 102 Å². The molecule has 0 spiro atoms. The molecule has 1 rings (SSSR count). The Balaban J connectivity index is 2.48. The SMILES string of the molecule is NS(=O)(=O)CCc1ncn[nH]1. The molecular formula is C4H8N4O2S. The van der Waals surface area contributed by atoms with Crippen LogP contribution in [0.3, 0.4) is 0 Å². The normalized spacial score (nSPS) is 11.7. The molecular weight excluding hydrogens is 168 g/mol. The number of hydrogen-bond acceptors (Lipinski definition) is 4. The van der Waals surface area contributed by atoms with Crippen LogP contribution in [0.5, 0.6) is 0 Å². The quantitative estimate of drug-likeness (QED) is 0.593. The van der Waals surface area contributed by atoms with Gasteiger partial charge in [0.2, 0.25) is 10.0 Å². The predicted octanol–water partition coefficient (Wildman–Crippen LogP) is -1.36. The van der Waals surface area contributed by atoms with Crippen molar-refractivity contribution in [1.82, 2.24) is 15.2 Å². The van der Waals surface area contributed by atoms with Crippen LogP contribution in [0.2, 0.25) is 0 Å². The third kappa shape index (κ3) is 3.10. The Labute approximate surface area is 63.9 Å². The lowest BCUT2D eigenvalue weighted by Gasteiger charge is -1.92. The van der Waals surface area contributed by atoms with Gasteiger partial charge in [0.1, 0.15) is 12.2 Å². The minimum absolute atomic E-state index is 0.109. The lowest BCUT2D eigenvalue weighted by Crippen LogP contribution is -2.18. The Morgan fingerprint density at radius 1 is 1.64 bits per heavy atom. The molecule has 11 heavy (non-hydrogen) atoms. The summed E-state index contributed by atoms with van der Waals surface area (Å²) >= 11 is 0. The largest absolute Gasteiger partial charge is 0.263 e. The molecule has 0 radical (unpaired) electrons. The van der Waals surface area contributed by atoms with Gasteiger partial charge in [-0.05, 0) is 0 Å². The van der Waals surface area contributed by atoms with E-state index in [4.69, 9.17) is 5.14 Å².